The van der Waals surface area contributed by atoms with Gasteiger partial charge in [0.1, 0.15) is 0 Å². The van der Waals surface area contributed by atoms with Crippen LogP contribution < -0.4 is 0 Å². The van der Waals surface area contributed by atoms with Crippen LogP contribution in [0.25, 0.3) is 0 Å². The van der Waals surface area contributed by atoms with Crippen molar-refractivity contribution in [3.05, 3.63) is 12.2 Å². The molecule has 0 spiro atoms. The molecule has 25 heavy (non-hydrogen) atoms. The molecular formula is C16H38O5Si4. The zero-order valence-electron chi connectivity index (χ0n) is 18.2. The Bertz CT molecular complexity index is 486. The summed E-state index contributed by atoms with van der Waals surface area (Å²) in [6, 6.07) is 0. The Labute approximate surface area is 160 Å². The molecule has 0 radical (unpaired) electrons. The molecule has 0 bridgehead atoms. The molecule has 148 valence electrons. The molecule has 0 aromatic carbocycles. The van der Waals surface area contributed by atoms with E-state index >= 15 is 0 Å². The standard InChI is InChI=1S/C16H38O5Si4/c1-13(2)14(17)18-16(22,21-25(10,11)12)15(3,19-23(4,5)6)20-24(7,8)9/h1H2,2-12,22H3. The van der Waals surface area contributed by atoms with E-state index in [2.05, 4.69) is 65.5 Å². The van der Waals surface area contributed by atoms with Crippen molar-refractivity contribution in [1.82, 2.24) is 0 Å². The van der Waals surface area contributed by atoms with Gasteiger partial charge >= 0.3 is 5.97 Å². The maximum Gasteiger partial charge on any atom is 0.335 e. The zero-order valence-corrected chi connectivity index (χ0v) is 23.2. The van der Waals surface area contributed by atoms with Crippen molar-refractivity contribution in [2.24, 2.45) is 0 Å². The summed E-state index contributed by atoms with van der Waals surface area (Å²) in [7, 11) is -5.68. The summed E-state index contributed by atoms with van der Waals surface area (Å²) in [4.78, 5) is 12.4. The summed E-state index contributed by atoms with van der Waals surface area (Å²) in [6.45, 7) is 26.0. The monoisotopic (exact) mass is 422 g/mol. The molecule has 0 saturated carbocycles. The highest BCUT2D eigenvalue weighted by Crippen LogP contribution is 2.38. The van der Waals surface area contributed by atoms with Gasteiger partial charge in [0.15, 0.2) is 25.0 Å². The third kappa shape index (κ3) is 8.93. The quantitative estimate of drug-likeness (QED) is 0.247. The van der Waals surface area contributed by atoms with Crippen LogP contribution in [0.15, 0.2) is 12.2 Å². The molecule has 0 aliphatic carbocycles. The fourth-order valence-corrected chi connectivity index (χ4v) is 9.33. The Morgan fingerprint density at radius 1 is 0.840 bits per heavy atom. The van der Waals surface area contributed by atoms with Crippen molar-refractivity contribution < 1.29 is 22.8 Å². The van der Waals surface area contributed by atoms with Gasteiger partial charge in [0.2, 0.25) is 11.2 Å². The highest BCUT2D eigenvalue weighted by atomic mass is 28.4. The Morgan fingerprint density at radius 3 is 1.40 bits per heavy atom. The average Bonchev–Trinajstić information content (AvgIpc) is 2.19. The number of carbonyl (C=O) groups is 1. The molecule has 1 atom stereocenters. The molecule has 0 aliphatic rings. The van der Waals surface area contributed by atoms with Crippen molar-refractivity contribution in [3.63, 3.8) is 0 Å². The van der Waals surface area contributed by atoms with E-state index in [1.54, 1.807) is 6.92 Å². The Morgan fingerprint density at radius 2 is 1.16 bits per heavy atom. The number of hydrogen-bond donors (Lipinski definition) is 0. The van der Waals surface area contributed by atoms with Crippen LogP contribution in [0.4, 0.5) is 0 Å². The lowest BCUT2D eigenvalue weighted by Gasteiger charge is -2.51. The van der Waals surface area contributed by atoms with Crippen LogP contribution in [-0.4, -0.2) is 52.4 Å². The van der Waals surface area contributed by atoms with Crippen LogP contribution in [0.5, 0.6) is 0 Å². The summed E-state index contributed by atoms with van der Waals surface area (Å²) in [6.07, 6.45) is 0. The van der Waals surface area contributed by atoms with Gasteiger partial charge in [0, 0.05) is 5.57 Å². The molecule has 0 heterocycles. The number of rotatable bonds is 9. The number of hydrogen-bond acceptors (Lipinski definition) is 5. The first kappa shape index (κ1) is 25.0. The fraction of sp³-hybridized carbons (Fsp3) is 0.812. The van der Waals surface area contributed by atoms with Crippen LogP contribution in [0.2, 0.25) is 58.9 Å². The van der Waals surface area contributed by atoms with E-state index in [4.69, 9.17) is 18.0 Å². The van der Waals surface area contributed by atoms with Gasteiger partial charge in [0.05, 0.1) is 10.2 Å². The van der Waals surface area contributed by atoms with Crippen LogP contribution in [0, 0.1) is 0 Å². The van der Waals surface area contributed by atoms with Gasteiger partial charge in [-0.25, -0.2) is 4.79 Å². The molecule has 0 N–H and O–H groups in total. The second-order valence-electron chi connectivity index (χ2n) is 9.70. The molecule has 9 heteroatoms. The van der Waals surface area contributed by atoms with E-state index in [1.165, 1.54) is 0 Å². The topological polar surface area (TPSA) is 54.0 Å². The summed E-state index contributed by atoms with van der Waals surface area (Å²) in [5.74, 6) is -1.61. The predicted molar refractivity (Wildman–Crippen MR) is 115 cm³/mol. The van der Waals surface area contributed by atoms with Crippen LogP contribution in [-0.2, 0) is 22.8 Å². The van der Waals surface area contributed by atoms with Crippen LogP contribution >= 0.6 is 0 Å². The highest BCUT2D eigenvalue weighted by molar-refractivity contribution is 6.71. The van der Waals surface area contributed by atoms with Gasteiger partial charge in [-0.05, 0) is 72.8 Å². The molecular weight excluding hydrogens is 385 g/mol. The van der Waals surface area contributed by atoms with E-state index in [0.29, 0.717) is 15.8 Å². The van der Waals surface area contributed by atoms with E-state index < -0.39 is 42.1 Å². The number of esters is 1. The van der Waals surface area contributed by atoms with Crippen molar-refractivity contribution in [2.45, 2.75) is 84.0 Å². The molecule has 0 saturated heterocycles. The van der Waals surface area contributed by atoms with Crippen LogP contribution in [0.3, 0.4) is 0 Å². The van der Waals surface area contributed by atoms with E-state index in [1.807, 2.05) is 6.92 Å². The van der Waals surface area contributed by atoms with Gasteiger partial charge in [-0.15, -0.1) is 0 Å². The van der Waals surface area contributed by atoms with Crippen molar-refractivity contribution in [1.29, 1.82) is 0 Å². The summed E-state index contributed by atoms with van der Waals surface area (Å²) < 4.78 is 25.2. The fourth-order valence-electron chi connectivity index (χ4n) is 2.43. The maximum absolute atomic E-state index is 12.4. The lowest BCUT2D eigenvalue weighted by Crippen LogP contribution is -2.67. The molecule has 0 rings (SSSR count). The minimum atomic E-state index is -2.06. The first-order chi connectivity index (χ1) is 10.7. The SMILES string of the molecule is C=C(C)C(=O)OC([SiH3])(O[Si](C)(C)C)C(C)(O[Si](C)(C)C)O[Si](C)(C)C. The third-order valence-electron chi connectivity index (χ3n) is 2.96. The van der Waals surface area contributed by atoms with Gasteiger partial charge in [-0.1, -0.05) is 6.58 Å². The molecule has 0 aromatic heterocycles. The van der Waals surface area contributed by atoms with Crippen LogP contribution in [0.1, 0.15) is 13.8 Å². The largest absolute Gasteiger partial charge is 0.430 e. The molecule has 0 aliphatic heterocycles. The minimum absolute atomic E-state index is 0.336. The molecule has 0 aromatic rings. The van der Waals surface area contributed by atoms with Crippen molar-refractivity contribution >= 4 is 41.2 Å². The van der Waals surface area contributed by atoms with Crippen molar-refractivity contribution in [3.8, 4) is 0 Å². The number of ether oxygens (including phenoxy) is 1. The first-order valence-corrected chi connectivity index (χ1v) is 19.9. The smallest absolute Gasteiger partial charge is 0.335 e. The first-order valence-electron chi connectivity index (χ1n) is 8.69. The van der Waals surface area contributed by atoms with E-state index in [-0.39, 0.29) is 0 Å². The second-order valence-corrected chi connectivity index (χ2v) is 24.3. The lowest BCUT2D eigenvalue weighted by atomic mass is 10.3. The van der Waals surface area contributed by atoms with Gasteiger partial charge < -0.3 is 18.0 Å². The summed E-state index contributed by atoms with van der Waals surface area (Å²) >= 11 is 0. The highest BCUT2D eigenvalue weighted by Gasteiger charge is 2.56. The van der Waals surface area contributed by atoms with Gasteiger partial charge in [0.25, 0.3) is 0 Å². The zero-order chi connectivity index (χ0) is 20.5. The predicted octanol–water partition coefficient (Wildman–Crippen LogP) is 3.40. The second kappa shape index (κ2) is 7.91. The Balaban J connectivity index is 6.21. The lowest BCUT2D eigenvalue weighted by molar-refractivity contribution is -0.284. The van der Waals surface area contributed by atoms with Gasteiger partial charge in [-0.2, -0.15) is 0 Å². The Hall–Kier alpha value is -0.0425. The van der Waals surface area contributed by atoms with Crippen molar-refractivity contribution in [2.75, 3.05) is 0 Å². The third-order valence-corrected chi connectivity index (χ3v) is 7.69. The van der Waals surface area contributed by atoms with E-state index in [9.17, 15) is 4.79 Å². The normalized spacial score (nSPS) is 16.4. The molecule has 5 nitrogen and oxygen atoms in total. The molecule has 0 amide bonds. The molecule has 0 fully saturated rings. The van der Waals surface area contributed by atoms with Gasteiger partial charge in [-0.3, -0.25) is 0 Å². The minimum Gasteiger partial charge on any atom is -0.430 e. The summed E-state index contributed by atoms with van der Waals surface area (Å²) in [5, 5.41) is 0. The molecule has 1 unspecified atom stereocenters. The average molecular weight is 423 g/mol. The van der Waals surface area contributed by atoms with E-state index in [0.717, 1.165) is 0 Å². The summed E-state index contributed by atoms with van der Waals surface area (Å²) in [5.41, 5.74) is -0.892. The number of carbonyl (C=O) groups excluding carboxylic acids is 1. The Kier molecular flexibility index (Phi) is 7.90. The maximum atomic E-state index is 12.4.